The maximum Gasteiger partial charge on any atom is 0.371 e. The number of carbonyl (C=O) groups is 1. The highest BCUT2D eigenvalue weighted by Crippen LogP contribution is 2.20. The Hall–Kier alpha value is -1.84. The van der Waals surface area contributed by atoms with Crippen LogP contribution in [0.15, 0.2) is 27.8 Å². The number of aryl methyl sites for hydroxylation is 1. The molecule has 0 amide bonds. The lowest BCUT2D eigenvalue weighted by Crippen LogP contribution is -2.25. The number of carboxylic acid groups (broad SMARTS) is 1. The van der Waals surface area contributed by atoms with Crippen molar-refractivity contribution in [3.63, 3.8) is 0 Å². The number of nitrogens with zero attached hydrogens (tertiary/aromatic N) is 2. The maximum absolute atomic E-state index is 12.0. The molecule has 0 aliphatic carbocycles. The summed E-state index contributed by atoms with van der Waals surface area (Å²) < 4.78 is 32.4. The van der Waals surface area contributed by atoms with Crippen LogP contribution < -0.4 is 4.72 Å². The SMILES string of the molecule is Cn1ncc(Cl)c1S(=O)(=O)NCc1ccc(C(=O)O)o1. The van der Waals surface area contributed by atoms with Gasteiger partial charge in [-0.25, -0.2) is 17.9 Å². The van der Waals surface area contributed by atoms with E-state index >= 15 is 0 Å². The van der Waals surface area contributed by atoms with Gasteiger partial charge < -0.3 is 9.52 Å². The summed E-state index contributed by atoms with van der Waals surface area (Å²) in [6, 6.07) is 2.61. The molecule has 108 valence electrons. The normalized spacial score (nSPS) is 11.7. The lowest BCUT2D eigenvalue weighted by atomic mass is 10.4. The highest BCUT2D eigenvalue weighted by molar-refractivity contribution is 7.89. The van der Waals surface area contributed by atoms with E-state index in [9.17, 15) is 13.2 Å². The average Bonchev–Trinajstić information content (AvgIpc) is 2.94. The molecule has 0 aromatic carbocycles. The molecule has 2 heterocycles. The summed E-state index contributed by atoms with van der Waals surface area (Å²) in [5, 5.41) is 12.2. The van der Waals surface area contributed by atoms with Gasteiger partial charge in [0.1, 0.15) is 5.76 Å². The first-order chi connectivity index (χ1) is 9.31. The number of halogens is 1. The van der Waals surface area contributed by atoms with E-state index in [2.05, 4.69) is 9.82 Å². The zero-order chi connectivity index (χ0) is 14.9. The molecular formula is C10H10ClN3O5S. The van der Waals surface area contributed by atoms with Crippen LogP contribution in [-0.2, 0) is 23.6 Å². The fourth-order valence-corrected chi connectivity index (χ4v) is 3.17. The molecular weight excluding hydrogens is 310 g/mol. The third-order valence-electron chi connectivity index (χ3n) is 2.41. The smallest absolute Gasteiger partial charge is 0.371 e. The van der Waals surface area contributed by atoms with Crippen molar-refractivity contribution in [1.82, 2.24) is 14.5 Å². The van der Waals surface area contributed by atoms with Crippen LogP contribution in [0, 0.1) is 0 Å². The van der Waals surface area contributed by atoms with Crippen LogP contribution in [0.3, 0.4) is 0 Å². The average molecular weight is 320 g/mol. The second-order valence-corrected chi connectivity index (χ2v) is 5.91. The molecule has 2 rings (SSSR count). The number of hydrogen-bond donors (Lipinski definition) is 2. The predicted octanol–water partition coefficient (Wildman–Crippen LogP) is 0.843. The summed E-state index contributed by atoms with van der Waals surface area (Å²) in [6.07, 6.45) is 1.21. The number of sulfonamides is 1. The van der Waals surface area contributed by atoms with Crippen molar-refractivity contribution < 1.29 is 22.7 Å². The van der Waals surface area contributed by atoms with Gasteiger partial charge >= 0.3 is 5.97 Å². The fourth-order valence-electron chi connectivity index (χ4n) is 1.52. The van der Waals surface area contributed by atoms with E-state index in [1.807, 2.05) is 0 Å². The van der Waals surface area contributed by atoms with Crippen LogP contribution in [0.5, 0.6) is 0 Å². The molecule has 0 aliphatic heterocycles. The van der Waals surface area contributed by atoms with Crippen molar-refractivity contribution in [2.45, 2.75) is 11.6 Å². The van der Waals surface area contributed by atoms with E-state index < -0.39 is 16.0 Å². The number of hydrogen-bond acceptors (Lipinski definition) is 5. The number of aromatic carboxylic acids is 1. The Labute approximate surface area is 119 Å². The van der Waals surface area contributed by atoms with Crippen molar-refractivity contribution in [3.8, 4) is 0 Å². The molecule has 0 aliphatic rings. The minimum atomic E-state index is -3.88. The first-order valence-electron chi connectivity index (χ1n) is 5.30. The molecule has 0 atom stereocenters. The summed E-state index contributed by atoms with van der Waals surface area (Å²) in [5.41, 5.74) is 0. The fraction of sp³-hybridized carbons (Fsp3) is 0.200. The Morgan fingerprint density at radius 1 is 1.55 bits per heavy atom. The molecule has 0 saturated heterocycles. The number of rotatable bonds is 5. The van der Waals surface area contributed by atoms with Gasteiger partial charge in [0.05, 0.1) is 17.8 Å². The highest BCUT2D eigenvalue weighted by Gasteiger charge is 2.23. The topological polar surface area (TPSA) is 114 Å². The third-order valence-corrected chi connectivity index (χ3v) is 4.31. The number of furan rings is 1. The molecule has 0 unspecified atom stereocenters. The van der Waals surface area contributed by atoms with E-state index in [0.717, 1.165) is 4.68 Å². The Kier molecular flexibility index (Phi) is 3.84. The van der Waals surface area contributed by atoms with Gasteiger partial charge in [-0.05, 0) is 12.1 Å². The van der Waals surface area contributed by atoms with Crippen LogP contribution in [-0.4, -0.2) is 29.3 Å². The van der Waals surface area contributed by atoms with Gasteiger partial charge in [0, 0.05) is 7.05 Å². The monoisotopic (exact) mass is 319 g/mol. The quantitative estimate of drug-likeness (QED) is 0.844. The summed E-state index contributed by atoms with van der Waals surface area (Å²) in [5.74, 6) is -1.32. The number of carboxylic acids is 1. The molecule has 8 nitrogen and oxygen atoms in total. The van der Waals surface area contributed by atoms with Crippen LogP contribution in [0.4, 0.5) is 0 Å². The molecule has 0 saturated carbocycles. The molecule has 10 heteroatoms. The van der Waals surface area contributed by atoms with Crippen molar-refractivity contribution in [2.75, 3.05) is 0 Å². The predicted molar refractivity (Wildman–Crippen MR) is 67.9 cm³/mol. The van der Waals surface area contributed by atoms with E-state index in [1.165, 1.54) is 25.4 Å². The lowest BCUT2D eigenvalue weighted by Gasteiger charge is -2.05. The zero-order valence-corrected chi connectivity index (χ0v) is 11.8. The van der Waals surface area contributed by atoms with Crippen molar-refractivity contribution in [2.24, 2.45) is 7.05 Å². The molecule has 0 fully saturated rings. The van der Waals surface area contributed by atoms with Crippen molar-refractivity contribution in [3.05, 3.63) is 34.9 Å². The van der Waals surface area contributed by atoms with Crippen LogP contribution in [0.2, 0.25) is 5.02 Å². The molecule has 0 spiro atoms. The van der Waals surface area contributed by atoms with E-state index in [4.69, 9.17) is 21.1 Å². The Morgan fingerprint density at radius 2 is 2.25 bits per heavy atom. The van der Waals surface area contributed by atoms with E-state index in [0.29, 0.717) is 0 Å². The Balaban J connectivity index is 2.15. The van der Waals surface area contributed by atoms with Crippen LogP contribution in [0.1, 0.15) is 16.3 Å². The Bertz CT molecular complexity index is 729. The second kappa shape index (κ2) is 5.27. The number of aromatic nitrogens is 2. The zero-order valence-electron chi connectivity index (χ0n) is 10.2. The Morgan fingerprint density at radius 3 is 2.75 bits per heavy atom. The minimum Gasteiger partial charge on any atom is -0.475 e. The first kappa shape index (κ1) is 14.6. The van der Waals surface area contributed by atoms with Gasteiger partial charge in [0.2, 0.25) is 5.76 Å². The summed E-state index contributed by atoms with van der Waals surface area (Å²) in [4.78, 5) is 10.6. The molecule has 2 aromatic heterocycles. The third kappa shape index (κ3) is 2.84. The van der Waals surface area contributed by atoms with E-state index in [1.54, 1.807) is 0 Å². The van der Waals surface area contributed by atoms with Gasteiger partial charge in [-0.1, -0.05) is 11.6 Å². The largest absolute Gasteiger partial charge is 0.475 e. The molecule has 20 heavy (non-hydrogen) atoms. The number of nitrogens with one attached hydrogen (secondary N) is 1. The van der Waals surface area contributed by atoms with Gasteiger partial charge in [-0.3, -0.25) is 4.68 Å². The van der Waals surface area contributed by atoms with Crippen molar-refractivity contribution in [1.29, 1.82) is 0 Å². The van der Waals surface area contributed by atoms with Gasteiger partial charge in [0.15, 0.2) is 5.03 Å². The maximum atomic E-state index is 12.0. The van der Waals surface area contributed by atoms with E-state index in [-0.39, 0.29) is 28.1 Å². The van der Waals surface area contributed by atoms with Crippen molar-refractivity contribution >= 4 is 27.6 Å². The minimum absolute atomic E-state index is 0.00864. The second-order valence-electron chi connectivity index (χ2n) is 3.82. The molecule has 0 bridgehead atoms. The highest BCUT2D eigenvalue weighted by atomic mass is 35.5. The molecule has 0 radical (unpaired) electrons. The van der Waals surface area contributed by atoms with Crippen LogP contribution in [0.25, 0.3) is 0 Å². The van der Waals surface area contributed by atoms with Gasteiger partial charge in [0.25, 0.3) is 10.0 Å². The standard InChI is InChI=1S/C10H10ClN3O5S/c1-14-9(7(11)5-12-14)20(17,18)13-4-6-2-3-8(19-6)10(15)16/h2-3,5,13H,4H2,1H3,(H,15,16). The lowest BCUT2D eigenvalue weighted by molar-refractivity contribution is 0.0660. The summed E-state index contributed by atoms with van der Waals surface area (Å²) in [6.45, 7) is -0.197. The summed E-state index contributed by atoms with van der Waals surface area (Å²) >= 11 is 5.75. The first-order valence-corrected chi connectivity index (χ1v) is 7.16. The van der Waals surface area contributed by atoms with Gasteiger partial charge in [-0.2, -0.15) is 5.10 Å². The van der Waals surface area contributed by atoms with Gasteiger partial charge in [-0.15, -0.1) is 0 Å². The molecule has 2 N–H and O–H groups in total. The summed E-state index contributed by atoms with van der Waals surface area (Å²) in [7, 11) is -2.44. The van der Waals surface area contributed by atoms with Crippen LogP contribution >= 0.6 is 11.6 Å². The molecule has 2 aromatic rings.